The molecule has 2 fully saturated rings. The Morgan fingerprint density at radius 1 is 0.323 bits per heavy atom. The summed E-state index contributed by atoms with van der Waals surface area (Å²) in [6, 6.07) is 82.8. The van der Waals surface area contributed by atoms with E-state index in [0.717, 1.165) is 28.9 Å². The van der Waals surface area contributed by atoms with Gasteiger partial charge >= 0.3 is 0 Å². The Morgan fingerprint density at radius 3 is 1.26 bits per heavy atom. The van der Waals surface area contributed by atoms with Gasteiger partial charge in [0.15, 0.2) is 0 Å². The molecule has 12 rings (SSSR count). The molecule has 0 aliphatic heterocycles. The second-order valence-corrected chi connectivity index (χ2v) is 17.7. The molecule has 0 aromatic heterocycles. The fourth-order valence-corrected chi connectivity index (χ4v) is 11.5. The van der Waals surface area contributed by atoms with Gasteiger partial charge < -0.3 is 4.90 Å². The van der Waals surface area contributed by atoms with Gasteiger partial charge in [-0.3, -0.25) is 0 Å². The first-order valence-corrected chi connectivity index (χ1v) is 22.4. The average molecular weight is 794 g/mol. The van der Waals surface area contributed by atoms with Crippen LogP contribution in [0.25, 0.3) is 66.8 Å². The largest absolute Gasteiger partial charge is 0.311 e. The van der Waals surface area contributed by atoms with Gasteiger partial charge in [0.1, 0.15) is 0 Å². The molecule has 0 saturated heterocycles. The van der Waals surface area contributed by atoms with Crippen LogP contribution in [-0.4, -0.2) is 0 Å². The molecule has 0 N–H and O–H groups in total. The molecule has 1 heteroatoms. The molecule has 0 amide bonds. The number of nitrogens with zero attached hydrogens (tertiary/aromatic N) is 1. The lowest BCUT2D eigenvalue weighted by Gasteiger charge is -2.36. The topological polar surface area (TPSA) is 3.24 Å². The van der Waals surface area contributed by atoms with Crippen molar-refractivity contribution in [1.82, 2.24) is 0 Å². The van der Waals surface area contributed by atoms with Gasteiger partial charge in [0.2, 0.25) is 0 Å². The molecule has 62 heavy (non-hydrogen) atoms. The molecule has 0 heterocycles. The summed E-state index contributed by atoms with van der Waals surface area (Å²) in [6.07, 6.45) is 5.47. The Kier molecular flexibility index (Phi) is 8.89. The Bertz CT molecular complexity index is 3040. The maximum absolute atomic E-state index is 2.55. The molecule has 2 saturated carbocycles. The number of anilines is 3. The molecular weight excluding hydrogens is 747 g/mol. The first-order chi connectivity index (χ1) is 30.7. The fraction of sp³-hybridized carbons (Fsp3) is 0.115. The third kappa shape index (κ3) is 6.14. The van der Waals surface area contributed by atoms with Gasteiger partial charge in [0, 0.05) is 22.5 Å². The molecule has 2 bridgehead atoms. The maximum atomic E-state index is 2.55. The van der Waals surface area contributed by atoms with Crippen molar-refractivity contribution >= 4 is 17.1 Å². The lowest BCUT2D eigenvalue weighted by atomic mass is 9.66. The van der Waals surface area contributed by atoms with Crippen molar-refractivity contribution in [1.29, 1.82) is 0 Å². The first-order valence-electron chi connectivity index (χ1n) is 22.4. The molecule has 9 aromatic carbocycles. The zero-order chi connectivity index (χ0) is 41.0. The van der Waals surface area contributed by atoms with Gasteiger partial charge in [-0.2, -0.15) is 0 Å². The Labute approximate surface area is 365 Å². The SMILES string of the molecule is c1ccc(-c2ccc(N(c3ccc(-c4ccc(-c5ccc6c(c5)[C@]5(CC7CCC5C7)c5ccccc5-6)cc4)cc3)c3ccc(-c4ccccc4-c4ccccc4)cc3)cc2)cc1. The van der Waals surface area contributed by atoms with Gasteiger partial charge in [-0.15, -0.1) is 0 Å². The number of hydrogen-bond donors (Lipinski definition) is 0. The van der Waals surface area contributed by atoms with Gasteiger partial charge in [0.25, 0.3) is 0 Å². The van der Waals surface area contributed by atoms with E-state index in [1.807, 2.05) is 0 Å². The van der Waals surface area contributed by atoms with Crippen molar-refractivity contribution in [2.24, 2.45) is 11.8 Å². The van der Waals surface area contributed by atoms with Gasteiger partial charge in [-0.25, -0.2) is 0 Å². The van der Waals surface area contributed by atoms with E-state index in [0.29, 0.717) is 0 Å². The van der Waals surface area contributed by atoms with E-state index in [-0.39, 0.29) is 5.41 Å². The predicted molar refractivity (Wildman–Crippen MR) is 260 cm³/mol. The molecule has 3 atom stereocenters. The van der Waals surface area contributed by atoms with Crippen LogP contribution in [0, 0.1) is 11.8 Å². The van der Waals surface area contributed by atoms with Crippen molar-refractivity contribution < 1.29 is 0 Å². The van der Waals surface area contributed by atoms with Gasteiger partial charge in [-0.1, -0.05) is 188 Å². The Hall–Kier alpha value is -7.22. The minimum absolute atomic E-state index is 0.195. The smallest absolute Gasteiger partial charge is 0.0462 e. The minimum Gasteiger partial charge on any atom is -0.311 e. The number of fused-ring (bicyclic) bond motifs is 8. The summed E-state index contributed by atoms with van der Waals surface area (Å²) in [5, 5.41) is 0. The molecule has 1 spiro atoms. The second-order valence-electron chi connectivity index (χ2n) is 17.7. The summed E-state index contributed by atoms with van der Waals surface area (Å²) < 4.78 is 0. The summed E-state index contributed by atoms with van der Waals surface area (Å²) in [6.45, 7) is 0. The van der Waals surface area contributed by atoms with Crippen molar-refractivity contribution in [3.05, 3.63) is 236 Å². The van der Waals surface area contributed by atoms with Crippen LogP contribution < -0.4 is 4.90 Å². The highest BCUT2D eigenvalue weighted by Gasteiger charge is 2.56. The Balaban J connectivity index is 0.855. The van der Waals surface area contributed by atoms with Crippen molar-refractivity contribution in [2.75, 3.05) is 4.90 Å². The molecular formula is C61H47N. The predicted octanol–water partition coefficient (Wildman–Crippen LogP) is 16.6. The molecule has 296 valence electrons. The highest BCUT2D eigenvalue weighted by molar-refractivity contribution is 5.87. The standard InChI is InChI=1S/C61H47N/c1-3-11-43(12-4-1)45-24-32-52(33-25-45)62(54-36-28-49(29-37-54)56-16-8-7-15-55(56)48-13-5-2-6-14-48)53-34-26-46(27-35-53)44-20-22-47(23-21-44)50-30-38-58-57-17-9-10-18-59(57)61(60(58)40-50)41-42-19-31-51(61)39-42/h1-18,20-30,32-38,40,42,51H,19,31,39,41H2/t42?,51?,61-/m0/s1. The van der Waals surface area contributed by atoms with Crippen LogP contribution in [-0.2, 0) is 5.41 Å². The third-order valence-electron chi connectivity index (χ3n) is 14.4. The summed E-state index contributed by atoms with van der Waals surface area (Å²) in [5.74, 6) is 1.64. The molecule has 9 aromatic rings. The molecule has 0 radical (unpaired) electrons. The van der Waals surface area contributed by atoms with E-state index in [9.17, 15) is 0 Å². The van der Waals surface area contributed by atoms with Crippen LogP contribution >= 0.6 is 0 Å². The average Bonchev–Trinajstić information content (AvgIpc) is 4.05. The maximum Gasteiger partial charge on any atom is 0.0462 e. The van der Waals surface area contributed by atoms with Crippen molar-refractivity contribution in [2.45, 2.75) is 31.1 Å². The zero-order valence-electron chi connectivity index (χ0n) is 34.8. The summed E-state index contributed by atoms with van der Waals surface area (Å²) in [7, 11) is 0. The summed E-state index contributed by atoms with van der Waals surface area (Å²) >= 11 is 0. The van der Waals surface area contributed by atoms with E-state index in [1.165, 1.54) is 92.4 Å². The normalized spacial score (nSPS) is 18.1. The quantitative estimate of drug-likeness (QED) is 0.148. The first kappa shape index (κ1) is 36.6. The van der Waals surface area contributed by atoms with E-state index >= 15 is 0 Å². The van der Waals surface area contributed by atoms with Crippen LogP contribution in [0.3, 0.4) is 0 Å². The van der Waals surface area contributed by atoms with Crippen LogP contribution in [0.4, 0.5) is 17.1 Å². The zero-order valence-corrected chi connectivity index (χ0v) is 34.8. The van der Waals surface area contributed by atoms with Crippen molar-refractivity contribution in [3.8, 4) is 66.8 Å². The minimum atomic E-state index is 0.195. The lowest BCUT2D eigenvalue weighted by molar-refractivity contribution is 0.327. The van der Waals surface area contributed by atoms with Crippen LogP contribution in [0.15, 0.2) is 224 Å². The molecule has 3 aliphatic carbocycles. The Morgan fingerprint density at radius 2 is 0.726 bits per heavy atom. The van der Waals surface area contributed by atoms with Crippen LogP contribution in [0.5, 0.6) is 0 Å². The summed E-state index contributed by atoms with van der Waals surface area (Å²) in [4.78, 5) is 2.36. The molecule has 2 unspecified atom stereocenters. The highest BCUT2D eigenvalue weighted by Crippen LogP contribution is 2.65. The van der Waals surface area contributed by atoms with Crippen LogP contribution in [0.1, 0.15) is 36.8 Å². The van der Waals surface area contributed by atoms with Crippen molar-refractivity contribution in [3.63, 3.8) is 0 Å². The highest BCUT2D eigenvalue weighted by atomic mass is 15.1. The molecule has 1 nitrogen and oxygen atoms in total. The number of hydrogen-bond acceptors (Lipinski definition) is 1. The van der Waals surface area contributed by atoms with Gasteiger partial charge in [0.05, 0.1) is 0 Å². The van der Waals surface area contributed by atoms with Gasteiger partial charge in [-0.05, 0) is 151 Å². The monoisotopic (exact) mass is 793 g/mol. The molecule has 3 aliphatic rings. The number of rotatable bonds is 8. The fourth-order valence-electron chi connectivity index (χ4n) is 11.5. The van der Waals surface area contributed by atoms with Crippen LogP contribution in [0.2, 0.25) is 0 Å². The summed E-state index contributed by atoms with van der Waals surface area (Å²) in [5.41, 5.74) is 22.0. The number of benzene rings is 9. The third-order valence-corrected chi connectivity index (χ3v) is 14.4. The van der Waals surface area contributed by atoms with E-state index in [4.69, 9.17) is 0 Å². The second kappa shape index (κ2) is 15.0. The lowest BCUT2D eigenvalue weighted by Crippen LogP contribution is -2.31. The van der Waals surface area contributed by atoms with E-state index in [1.54, 1.807) is 11.1 Å². The van der Waals surface area contributed by atoms with E-state index < -0.39 is 0 Å². The van der Waals surface area contributed by atoms with E-state index in [2.05, 4.69) is 229 Å².